The van der Waals surface area contributed by atoms with Crippen LogP contribution < -0.4 is 11.1 Å². The average molecular weight is 238 g/mol. The molecule has 1 amide bonds. The van der Waals surface area contributed by atoms with E-state index in [9.17, 15) is 4.79 Å². The Balaban J connectivity index is 1.85. The van der Waals surface area contributed by atoms with Crippen molar-refractivity contribution in [3.8, 4) is 0 Å². The van der Waals surface area contributed by atoms with Gasteiger partial charge in [-0.2, -0.15) is 0 Å². The van der Waals surface area contributed by atoms with Crippen molar-refractivity contribution >= 4 is 17.2 Å². The number of aryl methyl sites for hydroxylation is 1. The Kier molecular flexibility index (Phi) is 3.30. The maximum Gasteiger partial charge on any atom is 0.240 e. The molecule has 0 aliphatic heterocycles. The Morgan fingerprint density at radius 1 is 1.50 bits per heavy atom. The number of nitrogens with one attached hydrogen (secondary N) is 1. The zero-order valence-electron chi connectivity index (χ0n) is 9.58. The average Bonchev–Trinajstić information content (AvgIpc) is 2.70. The molecule has 0 radical (unpaired) electrons. The third kappa shape index (κ3) is 2.28. The van der Waals surface area contributed by atoms with Crippen LogP contribution in [0.2, 0.25) is 0 Å². The fourth-order valence-electron chi connectivity index (χ4n) is 1.84. The minimum absolute atomic E-state index is 0.00481. The molecule has 1 fully saturated rings. The second-order valence-corrected chi connectivity index (χ2v) is 5.67. The molecule has 3 nitrogen and oxygen atoms in total. The standard InChI is InChI=1S/C12H18N2OS/c1-2-9-4-5-10(16-9)8-14-11(15)12(13)6-3-7-12/h4-5H,2-3,6-8,13H2,1H3,(H,14,15). The van der Waals surface area contributed by atoms with Crippen LogP contribution >= 0.6 is 11.3 Å². The highest BCUT2D eigenvalue weighted by Crippen LogP contribution is 2.29. The summed E-state index contributed by atoms with van der Waals surface area (Å²) < 4.78 is 0. The van der Waals surface area contributed by atoms with Gasteiger partial charge in [-0.25, -0.2) is 0 Å². The van der Waals surface area contributed by atoms with Gasteiger partial charge in [0.2, 0.25) is 5.91 Å². The van der Waals surface area contributed by atoms with Crippen molar-refractivity contribution in [2.45, 2.75) is 44.7 Å². The van der Waals surface area contributed by atoms with Gasteiger partial charge in [-0.1, -0.05) is 6.92 Å². The zero-order chi connectivity index (χ0) is 11.6. The van der Waals surface area contributed by atoms with Gasteiger partial charge in [0.1, 0.15) is 0 Å². The van der Waals surface area contributed by atoms with Gasteiger partial charge in [-0.05, 0) is 37.8 Å². The number of carbonyl (C=O) groups excluding carboxylic acids is 1. The molecular weight excluding hydrogens is 220 g/mol. The lowest BCUT2D eigenvalue weighted by molar-refractivity contribution is -0.129. The molecule has 1 saturated carbocycles. The summed E-state index contributed by atoms with van der Waals surface area (Å²) in [7, 11) is 0. The van der Waals surface area contributed by atoms with Crippen molar-refractivity contribution in [1.29, 1.82) is 0 Å². The van der Waals surface area contributed by atoms with Crippen molar-refractivity contribution in [3.05, 3.63) is 21.9 Å². The number of rotatable bonds is 4. The Morgan fingerprint density at radius 3 is 2.69 bits per heavy atom. The first kappa shape index (κ1) is 11.6. The van der Waals surface area contributed by atoms with Gasteiger partial charge in [-0.3, -0.25) is 4.79 Å². The maximum absolute atomic E-state index is 11.8. The maximum atomic E-state index is 11.8. The molecule has 1 aliphatic carbocycles. The molecule has 1 aliphatic rings. The molecule has 1 aromatic rings. The summed E-state index contributed by atoms with van der Waals surface area (Å²) in [5.74, 6) is 0.00481. The van der Waals surface area contributed by atoms with Gasteiger partial charge in [-0.15, -0.1) is 11.3 Å². The van der Waals surface area contributed by atoms with Gasteiger partial charge in [0.05, 0.1) is 12.1 Å². The smallest absolute Gasteiger partial charge is 0.240 e. The highest BCUT2D eigenvalue weighted by Gasteiger charge is 2.39. The first-order chi connectivity index (χ1) is 7.64. The molecule has 1 aromatic heterocycles. The van der Waals surface area contributed by atoms with Crippen molar-refractivity contribution < 1.29 is 4.79 Å². The second-order valence-electron chi connectivity index (χ2n) is 4.41. The number of nitrogens with two attached hydrogens (primary N) is 1. The fourth-order valence-corrected chi connectivity index (χ4v) is 2.73. The van der Waals surface area contributed by atoms with E-state index in [1.54, 1.807) is 11.3 Å². The van der Waals surface area contributed by atoms with E-state index in [-0.39, 0.29) is 5.91 Å². The minimum atomic E-state index is -0.579. The first-order valence-electron chi connectivity index (χ1n) is 5.79. The van der Waals surface area contributed by atoms with Gasteiger partial charge in [0.25, 0.3) is 0 Å². The summed E-state index contributed by atoms with van der Waals surface area (Å²) in [6.45, 7) is 2.75. The summed E-state index contributed by atoms with van der Waals surface area (Å²) >= 11 is 1.76. The Labute approximate surface area is 100 Å². The van der Waals surface area contributed by atoms with Crippen LogP contribution in [-0.4, -0.2) is 11.4 Å². The van der Waals surface area contributed by atoms with Crippen molar-refractivity contribution in [1.82, 2.24) is 5.32 Å². The molecule has 0 spiro atoms. The van der Waals surface area contributed by atoms with E-state index >= 15 is 0 Å². The van der Waals surface area contributed by atoms with Gasteiger partial charge >= 0.3 is 0 Å². The summed E-state index contributed by atoms with van der Waals surface area (Å²) in [5, 5.41) is 2.93. The molecule has 3 N–H and O–H groups in total. The molecule has 0 atom stereocenters. The summed E-state index contributed by atoms with van der Waals surface area (Å²) in [4.78, 5) is 14.3. The second kappa shape index (κ2) is 4.55. The fraction of sp³-hybridized carbons (Fsp3) is 0.583. The molecule has 0 aromatic carbocycles. The van der Waals surface area contributed by atoms with Crippen LogP contribution in [0.4, 0.5) is 0 Å². The predicted molar refractivity (Wildman–Crippen MR) is 66.3 cm³/mol. The van der Waals surface area contributed by atoms with Crippen LogP contribution in [0.15, 0.2) is 12.1 Å². The molecule has 88 valence electrons. The highest BCUT2D eigenvalue weighted by molar-refractivity contribution is 7.11. The third-order valence-electron chi connectivity index (χ3n) is 3.19. The van der Waals surface area contributed by atoms with Crippen molar-refractivity contribution in [2.24, 2.45) is 5.73 Å². The summed E-state index contributed by atoms with van der Waals surface area (Å²) in [5.41, 5.74) is 5.35. The van der Waals surface area contributed by atoms with E-state index in [1.165, 1.54) is 9.75 Å². The van der Waals surface area contributed by atoms with Crippen LogP contribution in [0.25, 0.3) is 0 Å². The third-order valence-corrected chi connectivity index (χ3v) is 4.42. The van der Waals surface area contributed by atoms with Gasteiger partial charge < -0.3 is 11.1 Å². The van der Waals surface area contributed by atoms with Crippen LogP contribution in [0.3, 0.4) is 0 Å². The number of amides is 1. The summed E-state index contributed by atoms with van der Waals surface area (Å²) in [6.07, 6.45) is 3.77. The van der Waals surface area contributed by atoms with E-state index in [1.807, 2.05) is 0 Å². The lowest BCUT2D eigenvalue weighted by atomic mass is 9.77. The Hall–Kier alpha value is -0.870. The highest BCUT2D eigenvalue weighted by atomic mass is 32.1. The lowest BCUT2D eigenvalue weighted by Gasteiger charge is -2.36. The lowest BCUT2D eigenvalue weighted by Crippen LogP contribution is -2.58. The Morgan fingerprint density at radius 2 is 2.19 bits per heavy atom. The molecule has 0 bridgehead atoms. The van der Waals surface area contributed by atoms with Crippen LogP contribution in [0.1, 0.15) is 35.9 Å². The van der Waals surface area contributed by atoms with E-state index in [0.29, 0.717) is 6.54 Å². The zero-order valence-corrected chi connectivity index (χ0v) is 10.4. The van der Waals surface area contributed by atoms with Crippen LogP contribution in [-0.2, 0) is 17.8 Å². The Bertz CT molecular complexity index is 382. The van der Waals surface area contributed by atoms with Crippen LogP contribution in [0.5, 0.6) is 0 Å². The van der Waals surface area contributed by atoms with Crippen LogP contribution in [0, 0.1) is 0 Å². The first-order valence-corrected chi connectivity index (χ1v) is 6.60. The largest absolute Gasteiger partial charge is 0.350 e. The number of carbonyl (C=O) groups is 1. The molecule has 2 rings (SSSR count). The van der Waals surface area contributed by atoms with Gasteiger partial charge in [0.15, 0.2) is 0 Å². The van der Waals surface area contributed by atoms with E-state index < -0.39 is 5.54 Å². The summed E-state index contributed by atoms with van der Waals surface area (Å²) in [6, 6.07) is 4.20. The normalized spacial score (nSPS) is 17.9. The molecule has 0 saturated heterocycles. The predicted octanol–water partition coefficient (Wildman–Crippen LogP) is 1.81. The monoisotopic (exact) mass is 238 g/mol. The number of thiophene rings is 1. The molecule has 0 unspecified atom stereocenters. The molecular formula is C12H18N2OS. The molecule has 1 heterocycles. The quantitative estimate of drug-likeness (QED) is 0.840. The number of hydrogen-bond donors (Lipinski definition) is 2. The molecule has 16 heavy (non-hydrogen) atoms. The van der Waals surface area contributed by atoms with E-state index in [4.69, 9.17) is 5.73 Å². The topological polar surface area (TPSA) is 55.1 Å². The van der Waals surface area contributed by atoms with Crippen molar-refractivity contribution in [2.75, 3.05) is 0 Å². The van der Waals surface area contributed by atoms with E-state index in [2.05, 4.69) is 24.4 Å². The molecule has 4 heteroatoms. The number of hydrogen-bond acceptors (Lipinski definition) is 3. The SMILES string of the molecule is CCc1ccc(CNC(=O)C2(N)CCC2)s1. The van der Waals surface area contributed by atoms with E-state index in [0.717, 1.165) is 25.7 Å². The minimum Gasteiger partial charge on any atom is -0.350 e. The van der Waals surface area contributed by atoms with Crippen molar-refractivity contribution in [3.63, 3.8) is 0 Å². The van der Waals surface area contributed by atoms with Gasteiger partial charge in [0, 0.05) is 9.75 Å².